The van der Waals surface area contributed by atoms with E-state index >= 15 is 0 Å². The minimum absolute atomic E-state index is 0.167. The van der Waals surface area contributed by atoms with Crippen molar-refractivity contribution in [3.63, 3.8) is 0 Å². The first-order chi connectivity index (χ1) is 5.95. The summed E-state index contributed by atoms with van der Waals surface area (Å²) in [5.41, 5.74) is 4.18. The standard InChI is InChI=1S/C9H12.C3H6O/c1-7-5-4-6-8(2)9(7)3;1-3(2)4/h4-6H,1-3H3;1-2H3. The molecule has 0 aromatic heterocycles. The second kappa shape index (κ2) is 5.52. The lowest BCUT2D eigenvalue weighted by Crippen LogP contribution is -1.82. The van der Waals surface area contributed by atoms with Gasteiger partial charge in [-0.25, -0.2) is 0 Å². The second-order valence-electron chi connectivity index (χ2n) is 3.43. The molecule has 1 rings (SSSR count). The Morgan fingerprint density at radius 3 is 1.54 bits per heavy atom. The molecule has 0 amide bonds. The van der Waals surface area contributed by atoms with Gasteiger partial charge in [-0.3, -0.25) is 0 Å². The number of hydrogen-bond acceptors (Lipinski definition) is 1. The molecule has 0 bridgehead atoms. The van der Waals surface area contributed by atoms with Gasteiger partial charge in [0.2, 0.25) is 0 Å². The number of carbonyl (C=O) groups is 1. The lowest BCUT2D eigenvalue weighted by Gasteiger charge is -2.00. The fourth-order valence-corrected chi connectivity index (χ4v) is 0.898. The molecule has 0 saturated carbocycles. The van der Waals surface area contributed by atoms with Gasteiger partial charge in [-0.15, -0.1) is 0 Å². The highest BCUT2D eigenvalue weighted by Gasteiger charge is 1.91. The van der Waals surface area contributed by atoms with E-state index < -0.39 is 0 Å². The fraction of sp³-hybridized carbons (Fsp3) is 0.417. The highest BCUT2D eigenvalue weighted by molar-refractivity contribution is 5.72. The number of Topliss-reactive ketones (excluding diaryl/α,β-unsaturated/α-hetero) is 1. The zero-order valence-electron chi connectivity index (χ0n) is 9.14. The number of benzene rings is 1. The molecular formula is C12H18O. The van der Waals surface area contributed by atoms with E-state index in [9.17, 15) is 4.79 Å². The molecular weight excluding hydrogens is 160 g/mol. The maximum absolute atomic E-state index is 9.44. The summed E-state index contributed by atoms with van der Waals surface area (Å²) in [6.07, 6.45) is 0. The van der Waals surface area contributed by atoms with E-state index in [-0.39, 0.29) is 5.78 Å². The van der Waals surface area contributed by atoms with E-state index in [4.69, 9.17) is 0 Å². The number of ketones is 1. The highest BCUT2D eigenvalue weighted by Crippen LogP contribution is 2.09. The van der Waals surface area contributed by atoms with Crippen LogP contribution in [0.4, 0.5) is 0 Å². The van der Waals surface area contributed by atoms with Gasteiger partial charge in [-0.1, -0.05) is 18.2 Å². The zero-order valence-corrected chi connectivity index (χ0v) is 9.14. The fourth-order valence-electron chi connectivity index (χ4n) is 0.898. The van der Waals surface area contributed by atoms with Crippen LogP contribution in [-0.4, -0.2) is 5.78 Å². The SMILES string of the molecule is CC(C)=O.Cc1cccc(C)c1C. The third-order valence-corrected chi connectivity index (χ3v) is 1.88. The van der Waals surface area contributed by atoms with Crippen LogP contribution >= 0.6 is 0 Å². The average Bonchev–Trinajstić information content (AvgIpc) is 1.99. The van der Waals surface area contributed by atoms with Gasteiger partial charge in [0.1, 0.15) is 5.78 Å². The van der Waals surface area contributed by atoms with Crippen molar-refractivity contribution >= 4 is 5.78 Å². The molecule has 0 N–H and O–H groups in total. The predicted molar refractivity (Wildman–Crippen MR) is 57.0 cm³/mol. The number of aryl methyl sites for hydroxylation is 2. The molecule has 13 heavy (non-hydrogen) atoms. The Morgan fingerprint density at radius 2 is 1.31 bits per heavy atom. The van der Waals surface area contributed by atoms with E-state index in [1.165, 1.54) is 30.5 Å². The molecule has 0 aliphatic rings. The van der Waals surface area contributed by atoms with Crippen LogP contribution in [0.2, 0.25) is 0 Å². The van der Waals surface area contributed by atoms with Crippen molar-refractivity contribution in [2.45, 2.75) is 34.6 Å². The van der Waals surface area contributed by atoms with Crippen LogP contribution in [-0.2, 0) is 4.79 Å². The van der Waals surface area contributed by atoms with Gasteiger partial charge in [0, 0.05) is 0 Å². The Kier molecular flexibility index (Phi) is 5.05. The van der Waals surface area contributed by atoms with Crippen molar-refractivity contribution in [1.29, 1.82) is 0 Å². The van der Waals surface area contributed by atoms with Gasteiger partial charge in [-0.2, -0.15) is 0 Å². The average molecular weight is 178 g/mol. The smallest absolute Gasteiger partial charge is 0.126 e. The molecule has 0 saturated heterocycles. The van der Waals surface area contributed by atoms with Gasteiger partial charge in [0.05, 0.1) is 0 Å². The molecule has 1 aromatic carbocycles. The lowest BCUT2D eigenvalue weighted by molar-refractivity contribution is -0.114. The monoisotopic (exact) mass is 178 g/mol. The van der Waals surface area contributed by atoms with Crippen LogP contribution in [0, 0.1) is 20.8 Å². The van der Waals surface area contributed by atoms with Crippen LogP contribution < -0.4 is 0 Å². The minimum Gasteiger partial charge on any atom is -0.300 e. The molecule has 1 nitrogen and oxygen atoms in total. The molecule has 0 radical (unpaired) electrons. The molecule has 0 spiro atoms. The van der Waals surface area contributed by atoms with Crippen LogP contribution in [0.3, 0.4) is 0 Å². The Bertz CT molecular complexity index is 263. The number of hydrogen-bond donors (Lipinski definition) is 0. The molecule has 0 aliphatic heterocycles. The summed E-state index contributed by atoms with van der Waals surface area (Å²) in [6, 6.07) is 6.38. The van der Waals surface area contributed by atoms with E-state index in [0.717, 1.165) is 0 Å². The van der Waals surface area contributed by atoms with Gasteiger partial charge in [0.25, 0.3) is 0 Å². The Morgan fingerprint density at radius 1 is 1.00 bits per heavy atom. The van der Waals surface area contributed by atoms with E-state index in [0.29, 0.717) is 0 Å². The third kappa shape index (κ3) is 5.18. The summed E-state index contributed by atoms with van der Waals surface area (Å²) in [7, 11) is 0. The largest absolute Gasteiger partial charge is 0.300 e. The van der Waals surface area contributed by atoms with Crippen LogP contribution in [0.15, 0.2) is 18.2 Å². The summed E-state index contributed by atoms with van der Waals surface area (Å²) in [5, 5.41) is 0. The van der Waals surface area contributed by atoms with Gasteiger partial charge in [0.15, 0.2) is 0 Å². The molecule has 72 valence electrons. The Labute approximate surface area is 80.8 Å². The van der Waals surface area contributed by atoms with Gasteiger partial charge >= 0.3 is 0 Å². The molecule has 0 aliphatic carbocycles. The molecule has 0 heterocycles. The summed E-state index contributed by atoms with van der Waals surface area (Å²) in [6.45, 7) is 9.50. The summed E-state index contributed by atoms with van der Waals surface area (Å²) in [5.74, 6) is 0.167. The van der Waals surface area contributed by atoms with Gasteiger partial charge in [-0.05, 0) is 51.3 Å². The van der Waals surface area contributed by atoms with Crippen molar-refractivity contribution in [3.05, 3.63) is 34.9 Å². The summed E-state index contributed by atoms with van der Waals surface area (Å²) >= 11 is 0. The molecule has 1 aromatic rings. The topological polar surface area (TPSA) is 17.1 Å². The number of carbonyl (C=O) groups excluding carboxylic acids is 1. The first kappa shape index (κ1) is 11.9. The molecule has 0 fully saturated rings. The van der Waals surface area contributed by atoms with Crippen molar-refractivity contribution in [1.82, 2.24) is 0 Å². The second-order valence-corrected chi connectivity index (χ2v) is 3.43. The van der Waals surface area contributed by atoms with Crippen LogP contribution in [0.5, 0.6) is 0 Å². The third-order valence-electron chi connectivity index (χ3n) is 1.88. The van der Waals surface area contributed by atoms with E-state index in [1.807, 2.05) is 0 Å². The van der Waals surface area contributed by atoms with Crippen LogP contribution in [0.1, 0.15) is 30.5 Å². The van der Waals surface area contributed by atoms with Gasteiger partial charge < -0.3 is 4.79 Å². The normalized spacial score (nSPS) is 8.69. The zero-order chi connectivity index (χ0) is 10.4. The Hall–Kier alpha value is -1.11. The summed E-state index contributed by atoms with van der Waals surface area (Å²) in [4.78, 5) is 9.44. The van der Waals surface area contributed by atoms with Crippen molar-refractivity contribution in [3.8, 4) is 0 Å². The molecule has 0 unspecified atom stereocenters. The van der Waals surface area contributed by atoms with E-state index in [1.54, 1.807) is 0 Å². The highest BCUT2D eigenvalue weighted by atomic mass is 16.1. The quantitative estimate of drug-likeness (QED) is 0.596. The predicted octanol–water partition coefficient (Wildman–Crippen LogP) is 3.21. The van der Waals surface area contributed by atoms with Crippen molar-refractivity contribution in [2.75, 3.05) is 0 Å². The first-order valence-electron chi connectivity index (χ1n) is 4.45. The molecule has 1 heteroatoms. The van der Waals surface area contributed by atoms with Crippen molar-refractivity contribution in [2.24, 2.45) is 0 Å². The lowest BCUT2D eigenvalue weighted by atomic mass is 10.1. The first-order valence-corrected chi connectivity index (χ1v) is 4.45. The number of rotatable bonds is 0. The van der Waals surface area contributed by atoms with Crippen molar-refractivity contribution < 1.29 is 4.79 Å². The molecule has 0 atom stereocenters. The maximum Gasteiger partial charge on any atom is 0.126 e. The van der Waals surface area contributed by atoms with Crippen LogP contribution in [0.25, 0.3) is 0 Å². The maximum atomic E-state index is 9.44. The summed E-state index contributed by atoms with van der Waals surface area (Å²) < 4.78 is 0. The minimum atomic E-state index is 0.167. The Balaban J connectivity index is 0.000000310. The van der Waals surface area contributed by atoms with E-state index in [2.05, 4.69) is 39.0 Å².